The third-order valence-electron chi connectivity index (χ3n) is 2.81. The van der Waals surface area contributed by atoms with Crippen molar-refractivity contribution in [2.75, 3.05) is 6.54 Å². The first-order chi connectivity index (χ1) is 9.60. The second-order valence-corrected chi connectivity index (χ2v) is 6.30. The van der Waals surface area contributed by atoms with E-state index in [9.17, 15) is 0 Å². The number of ether oxygens (including phenoxy) is 1. The van der Waals surface area contributed by atoms with Gasteiger partial charge in [-0.1, -0.05) is 0 Å². The second-order valence-electron chi connectivity index (χ2n) is 4.59. The van der Waals surface area contributed by atoms with Crippen molar-refractivity contribution in [1.82, 2.24) is 4.98 Å². The second kappa shape index (κ2) is 7.20. The van der Waals surface area contributed by atoms with Gasteiger partial charge < -0.3 is 10.5 Å². The zero-order valence-electron chi connectivity index (χ0n) is 11.2. The summed E-state index contributed by atoms with van der Waals surface area (Å²) in [6, 6.07) is 6.15. The lowest BCUT2D eigenvalue weighted by molar-refractivity contribution is 0.301. The van der Waals surface area contributed by atoms with Gasteiger partial charge in [-0.15, -0.1) is 0 Å². The van der Waals surface area contributed by atoms with Crippen molar-refractivity contribution in [3.8, 4) is 5.75 Å². The predicted molar refractivity (Wildman–Crippen MR) is 87.9 cm³/mol. The standard InChI is InChI=1S/C15H16Br2N2O/c1-10-4-12(8-19-7-10)9-20-15-13(16)5-11(2-3-18)6-14(15)17/h4-8H,2-3,9,18H2,1H3. The van der Waals surface area contributed by atoms with Gasteiger partial charge in [0.1, 0.15) is 12.4 Å². The first-order valence-electron chi connectivity index (χ1n) is 6.31. The number of hydrogen-bond acceptors (Lipinski definition) is 3. The van der Waals surface area contributed by atoms with Crippen molar-refractivity contribution in [3.63, 3.8) is 0 Å². The van der Waals surface area contributed by atoms with E-state index >= 15 is 0 Å². The van der Waals surface area contributed by atoms with Crippen LogP contribution in [0.15, 0.2) is 39.5 Å². The molecule has 1 heterocycles. The van der Waals surface area contributed by atoms with Gasteiger partial charge in [0.15, 0.2) is 0 Å². The average molecular weight is 400 g/mol. The van der Waals surface area contributed by atoms with Gasteiger partial charge in [-0.2, -0.15) is 0 Å². The van der Waals surface area contributed by atoms with Gasteiger partial charge in [-0.3, -0.25) is 4.98 Å². The molecule has 0 saturated carbocycles. The van der Waals surface area contributed by atoms with Crippen molar-refractivity contribution in [1.29, 1.82) is 0 Å². The molecule has 0 aliphatic carbocycles. The summed E-state index contributed by atoms with van der Waals surface area (Å²) in [7, 11) is 0. The quantitative estimate of drug-likeness (QED) is 0.826. The monoisotopic (exact) mass is 398 g/mol. The number of halogens is 2. The average Bonchev–Trinajstić information content (AvgIpc) is 2.38. The van der Waals surface area contributed by atoms with Crippen LogP contribution >= 0.6 is 31.9 Å². The fraction of sp³-hybridized carbons (Fsp3) is 0.267. The van der Waals surface area contributed by atoms with Crippen molar-refractivity contribution in [2.45, 2.75) is 20.0 Å². The SMILES string of the molecule is Cc1cncc(COc2c(Br)cc(CCN)cc2Br)c1. The molecule has 3 nitrogen and oxygen atoms in total. The van der Waals surface area contributed by atoms with Crippen LogP contribution in [0.1, 0.15) is 16.7 Å². The fourth-order valence-electron chi connectivity index (χ4n) is 1.91. The van der Waals surface area contributed by atoms with Crippen LogP contribution in [0.2, 0.25) is 0 Å². The molecule has 20 heavy (non-hydrogen) atoms. The summed E-state index contributed by atoms with van der Waals surface area (Å²) in [4.78, 5) is 4.16. The molecule has 0 spiro atoms. The molecule has 0 saturated heterocycles. The van der Waals surface area contributed by atoms with Crippen LogP contribution in [-0.4, -0.2) is 11.5 Å². The maximum atomic E-state index is 5.88. The Kier molecular flexibility index (Phi) is 5.57. The molecule has 0 bridgehead atoms. The van der Waals surface area contributed by atoms with Crippen LogP contribution in [0.3, 0.4) is 0 Å². The van der Waals surface area contributed by atoms with Gasteiger partial charge in [0.05, 0.1) is 8.95 Å². The molecular formula is C15H16Br2N2O. The van der Waals surface area contributed by atoms with Crippen LogP contribution in [0.5, 0.6) is 5.75 Å². The van der Waals surface area contributed by atoms with Crippen LogP contribution in [-0.2, 0) is 13.0 Å². The van der Waals surface area contributed by atoms with E-state index in [-0.39, 0.29) is 0 Å². The van der Waals surface area contributed by atoms with E-state index in [2.05, 4.69) is 42.9 Å². The highest BCUT2D eigenvalue weighted by molar-refractivity contribution is 9.11. The molecule has 5 heteroatoms. The number of aromatic nitrogens is 1. The van der Waals surface area contributed by atoms with E-state index in [1.165, 1.54) is 5.56 Å². The Balaban J connectivity index is 2.13. The summed E-state index contributed by atoms with van der Waals surface area (Å²) < 4.78 is 7.73. The van der Waals surface area contributed by atoms with E-state index in [1.807, 2.05) is 31.5 Å². The molecule has 0 atom stereocenters. The first-order valence-corrected chi connectivity index (χ1v) is 7.90. The highest BCUT2D eigenvalue weighted by atomic mass is 79.9. The van der Waals surface area contributed by atoms with Crippen LogP contribution in [0.25, 0.3) is 0 Å². The highest BCUT2D eigenvalue weighted by Crippen LogP contribution is 2.35. The van der Waals surface area contributed by atoms with Crippen molar-refractivity contribution in [2.24, 2.45) is 5.73 Å². The number of rotatable bonds is 5. The fourth-order valence-corrected chi connectivity index (χ4v) is 3.42. The Morgan fingerprint density at radius 1 is 1.10 bits per heavy atom. The van der Waals surface area contributed by atoms with Crippen molar-refractivity contribution >= 4 is 31.9 Å². The summed E-state index contributed by atoms with van der Waals surface area (Å²) in [6.07, 6.45) is 4.49. The zero-order valence-corrected chi connectivity index (χ0v) is 14.4. The Labute approximate surface area is 135 Å². The zero-order chi connectivity index (χ0) is 14.5. The minimum Gasteiger partial charge on any atom is -0.486 e. The molecule has 1 aromatic carbocycles. The maximum absolute atomic E-state index is 5.88. The highest BCUT2D eigenvalue weighted by Gasteiger charge is 2.09. The summed E-state index contributed by atoms with van der Waals surface area (Å²) in [5.41, 5.74) is 8.93. The smallest absolute Gasteiger partial charge is 0.148 e. The number of nitrogens with two attached hydrogens (primary N) is 1. The third kappa shape index (κ3) is 4.04. The van der Waals surface area contributed by atoms with E-state index in [0.717, 1.165) is 32.2 Å². The van der Waals surface area contributed by atoms with Gasteiger partial charge in [0, 0.05) is 18.0 Å². The number of aryl methyl sites for hydroxylation is 1. The first kappa shape index (κ1) is 15.5. The number of nitrogens with zero attached hydrogens (tertiary/aromatic N) is 1. The van der Waals surface area contributed by atoms with Gasteiger partial charge in [-0.05, 0) is 81.1 Å². The number of hydrogen-bond donors (Lipinski definition) is 1. The summed E-state index contributed by atoms with van der Waals surface area (Å²) in [6.45, 7) is 3.14. The Hall–Kier alpha value is -0.910. The van der Waals surface area contributed by atoms with Gasteiger partial charge in [0.25, 0.3) is 0 Å². The molecule has 0 radical (unpaired) electrons. The molecule has 0 aliphatic heterocycles. The molecule has 106 valence electrons. The molecule has 2 N–H and O–H groups in total. The number of pyridine rings is 1. The van der Waals surface area contributed by atoms with Gasteiger partial charge in [0.2, 0.25) is 0 Å². The molecule has 0 unspecified atom stereocenters. The molecule has 0 amide bonds. The van der Waals surface area contributed by atoms with Gasteiger partial charge in [-0.25, -0.2) is 0 Å². The van der Waals surface area contributed by atoms with E-state index in [1.54, 1.807) is 0 Å². The van der Waals surface area contributed by atoms with Crippen LogP contribution in [0.4, 0.5) is 0 Å². The molecule has 0 fully saturated rings. The van der Waals surface area contributed by atoms with E-state index in [0.29, 0.717) is 13.2 Å². The van der Waals surface area contributed by atoms with E-state index < -0.39 is 0 Å². The van der Waals surface area contributed by atoms with Gasteiger partial charge >= 0.3 is 0 Å². The molecule has 2 rings (SSSR count). The largest absolute Gasteiger partial charge is 0.486 e. The van der Waals surface area contributed by atoms with Crippen LogP contribution in [0, 0.1) is 6.92 Å². The van der Waals surface area contributed by atoms with Crippen molar-refractivity contribution in [3.05, 3.63) is 56.2 Å². The topological polar surface area (TPSA) is 48.1 Å². The van der Waals surface area contributed by atoms with Crippen molar-refractivity contribution < 1.29 is 4.74 Å². The predicted octanol–water partition coefficient (Wildman–Crippen LogP) is 4.00. The Morgan fingerprint density at radius 3 is 2.40 bits per heavy atom. The Morgan fingerprint density at radius 2 is 1.80 bits per heavy atom. The summed E-state index contributed by atoms with van der Waals surface area (Å²) >= 11 is 7.09. The third-order valence-corrected chi connectivity index (χ3v) is 3.98. The molecule has 0 aliphatic rings. The van der Waals surface area contributed by atoms with Crippen LogP contribution < -0.4 is 10.5 Å². The molecule has 1 aromatic heterocycles. The minimum atomic E-state index is 0.488. The minimum absolute atomic E-state index is 0.488. The Bertz CT molecular complexity index is 579. The lowest BCUT2D eigenvalue weighted by Gasteiger charge is -2.12. The molecule has 2 aromatic rings. The molecular weight excluding hydrogens is 384 g/mol. The van der Waals surface area contributed by atoms with E-state index in [4.69, 9.17) is 10.5 Å². The summed E-state index contributed by atoms with van der Waals surface area (Å²) in [5, 5.41) is 0. The lowest BCUT2D eigenvalue weighted by atomic mass is 10.1. The normalized spacial score (nSPS) is 10.6. The lowest BCUT2D eigenvalue weighted by Crippen LogP contribution is -2.03. The maximum Gasteiger partial charge on any atom is 0.148 e. The number of benzene rings is 1. The summed E-state index contributed by atoms with van der Waals surface area (Å²) in [5.74, 6) is 0.798.